The van der Waals surface area contributed by atoms with Crippen LogP contribution >= 0.6 is 27.5 Å². The van der Waals surface area contributed by atoms with E-state index < -0.39 is 0 Å². The second kappa shape index (κ2) is 5.92. The SMILES string of the molecule is CC(=O)N1CCN(C(=O)c2ccc(Br)c(Cl)c2)CC1. The number of carbonyl (C=O) groups is 2. The highest BCUT2D eigenvalue weighted by atomic mass is 79.9. The van der Waals surface area contributed by atoms with E-state index in [4.69, 9.17) is 11.6 Å². The first-order valence-electron chi connectivity index (χ1n) is 5.99. The van der Waals surface area contributed by atoms with Crippen LogP contribution < -0.4 is 0 Å². The van der Waals surface area contributed by atoms with E-state index in [9.17, 15) is 9.59 Å². The Bertz CT molecular complexity index is 513. The fourth-order valence-electron chi connectivity index (χ4n) is 2.04. The van der Waals surface area contributed by atoms with Crippen molar-refractivity contribution in [2.45, 2.75) is 6.92 Å². The molecule has 1 aliphatic rings. The molecule has 1 heterocycles. The lowest BCUT2D eigenvalue weighted by Crippen LogP contribution is -2.50. The lowest BCUT2D eigenvalue weighted by Gasteiger charge is -2.34. The van der Waals surface area contributed by atoms with Gasteiger partial charge in [-0.1, -0.05) is 11.6 Å². The highest BCUT2D eigenvalue weighted by molar-refractivity contribution is 9.10. The van der Waals surface area contributed by atoms with Gasteiger partial charge in [0.05, 0.1) is 5.02 Å². The molecule has 0 atom stereocenters. The van der Waals surface area contributed by atoms with Crippen molar-refractivity contribution in [3.63, 3.8) is 0 Å². The Labute approximate surface area is 125 Å². The largest absolute Gasteiger partial charge is 0.339 e. The number of hydrogen-bond donors (Lipinski definition) is 0. The third-order valence-corrected chi connectivity index (χ3v) is 4.41. The fourth-order valence-corrected chi connectivity index (χ4v) is 2.46. The van der Waals surface area contributed by atoms with E-state index in [2.05, 4.69) is 15.9 Å². The summed E-state index contributed by atoms with van der Waals surface area (Å²) in [5.74, 6) is 0.0105. The predicted octanol–water partition coefficient (Wildman–Crippen LogP) is 2.41. The number of amides is 2. The van der Waals surface area contributed by atoms with Gasteiger partial charge in [0, 0.05) is 43.1 Å². The second-order valence-electron chi connectivity index (χ2n) is 4.43. The summed E-state index contributed by atoms with van der Waals surface area (Å²) in [6.45, 7) is 3.85. The Balaban J connectivity index is 2.05. The first-order chi connectivity index (χ1) is 8.99. The average Bonchev–Trinajstić information content (AvgIpc) is 2.41. The van der Waals surface area contributed by atoms with Gasteiger partial charge in [0.2, 0.25) is 5.91 Å². The van der Waals surface area contributed by atoms with Crippen molar-refractivity contribution in [2.24, 2.45) is 0 Å². The zero-order valence-electron chi connectivity index (χ0n) is 10.5. The minimum Gasteiger partial charge on any atom is -0.339 e. The monoisotopic (exact) mass is 344 g/mol. The van der Waals surface area contributed by atoms with Crippen molar-refractivity contribution in [2.75, 3.05) is 26.2 Å². The zero-order chi connectivity index (χ0) is 14.0. The van der Waals surface area contributed by atoms with Gasteiger partial charge in [-0.3, -0.25) is 9.59 Å². The summed E-state index contributed by atoms with van der Waals surface area (Å²) in [6.07, 6.45) is 0. The van der Waals surface area contributed by atoms with Gasteiger partial charge in [-0.05, 0) is 34.1 Å². The van der Waals surface area contributed by atoms with Crippen molar-refractivity contribution in [3.8, 4) is 0 Å². The summed E-state index contributed by atoms with van der Waals surface area (Å²) in [7, 11) is 0. The maximum atomic E-state index is 12.3. The van der Waals surface area contributed by atoms with E-state index in [0.717, 1.165) is 4.47 Å². The molecule has 1 aromatic rings. The molecule has 1 aliphatic heterocycles. The van der Waals surface area contributed by atoms with Crippen LogP contribution in [0.3, 0.4) is 0 Å². The maximum absolute atomic E-state index is 12.3. The molecule has 6 heteroatoms. The van der Waals surface area contributed by atoms with E-state index in [1.807, 2.05) is 0 Å². The number of carbonyl (C=O) groups excluding carboxylic acids is 2. The summed E-state index contributed by atoms with van der Waals surface area (Å²) in [5, 5.41) is 0.522. The minimum absolute atomic E-state index is 0.0439. The van der Waals surface area contributed by atoms with Crippen molar-refractivity contribution in [1.29, 1.82) is 0 Å². The van der Waals surface area contributed by atoms with Crippen LogP contribution in [0.2, 0.25) is 5.02 Å². The van der Waals surface area contributed by atoms with Gasteiger partial charge in [-0.2, -0.15) is 0 Å². The molecule has 0 radical (unpaired) electrons. The third kappa shape index (κ3) is 3.28. The van der Waals surface area contributed by atoms with Crippen molar-refractivity contribution in [3.05, 3.63) is 33.3 Å². The molecule has 0 saturated carbocycles. The van der Waals surface area contributed by atoms with Crippen LogP contribution in [-0.2, 0) is 4.79 Å². The van der Waals surface area contributed by atoms with E-state index in [1.54, 1.807) is 34.9 Å². The number of rotatable bonds is 1. The molecular formula is C13H14BrClN2O2. The van der Waals surface area contributed by atoms with E-state index in [0.29, 0.717) is 36.8 Å². The number of nitrogens with zero attached hydrogens (tertiary/aromatic N) is 2. The molecule has 1 aromatic carbocycles. The molecule has 0 spiro atoms. The predicted molar refractivity (Wildman–Crippen MR) is 77.3 cm³/mol. The first kappa shape index (κ1) is 14.3. The smallest absolute Gasteiger partial charge is 0.254 e. The molecule has 0 aromatic heterocycles. The summed E-state index contributed by atoms with van der Waals surface area (Å²) in [5.41, 5.74) is 0.574. The summed E-state index contributed by atoms with van der Waals surface area (Å²) >= 11 is 9.29. The van der Waals surface area contributed by atoms with Gasteiger partial charge in [-0.25, -0.2) is 0 Å². The Morgan fingerprint density at radius 3 is 2.26 bits per heavy atom. The molecule has 1 fully saturated rings. The van der Waals surface area contributed by atoms with Crippen molar-refractivity contribution < 1.29 is 9.59 Å². The van der Waals surface area contributed by atoms with Crippen molar-refractivity contribution in [1.82, 2.24) is 9.80 Å². The Hall–Kier alpha value is -1.07. The lowest BCUT2D eigenvalue weighted by atomic mass is 10.2. The number of halogens is 2. The van der Waals surface area contributed by atoms with Gasteiger partial charge in [0.1, 0.15) is 0 Å². The average molecular weight is 346 g/mol. The number of piperazine rings is 1. The van der Waals surface area contributed by atoms with Crippen LogP contribution in [0, 0.1) is 0 Å². The molecule has 2 amide bonds. The summed E-state index contributed by atoms with van der Waals surface area (Å²) in [6, 6.07) is 5.17. The molecule has 102 valence electrons. The topological polar surface area (TPSA) is 40.6 Å². The molecule has 19 heavy (non-hydrogen) atoms. The molecule has 4 nitrogen and oxygen atoms in total. The molecule has 1 saturated heterocycles. The van der Waals surface area contributed by atoms with Crippen LogP contribution in [0.25, 0.3) is 0 Å². The normalized spacial score (nSPS) is 15.5. The maximum Gasteiger partial charge on any atom is 0.254 e. The quantitative estimate of drug-likeness (QED) is 0.784. The molecular weight excluding hydrogens is 332 g/mol. The molecule has 2 rings (SSSR count). The van der Waals surface area contributed by atoms with Gasteiger partial charge >= 0.3 is 0 Å². The molecule has 0 bridgehead atoms. The van der Waals surface area contributed by atoms with E-state index >= 15 is 0 Å². The Morgan fingerprint density at radius 1 is 1.16 bits per heavy atom. The second-order valence-corrected chi connectivity index (χ2v) is 5.69. The van der Waals surface area contributed by atoms with Crippen LogP contribution in [-0.4, -0.2) is 47.8 Å². The third-order valence-electron chi connectivity index (χ3n) is 3.18. The Morgan fingerprint density at radius 2 is 1.74 bits per heavy atom. The van der Waals surface area contributed by atoms with E-state index in [-0.39, 0.29) is 11.8 Å². The van der Waals surface area contributed by atoms with Gasteiger partial charge in [0.25, 0.3) is 5.91 Å². The van der Waals surface area contributed by atoms with E-state index in [1.165, 1.54) is 0 Å². The highest BCUT2D eigenvalue weighted by Gasteiger charge is 2.23. The van der Waals surface area contributed by atoms with Gasteiger partial charge in [-0.15, -0.1) is 0 Å². The van der Waals surface area contributed by atoms with Gasteiger partial charge in [0.15, 0.2) is 0 Å². The fraction of sp³-hybridized carbons (Fsp3) is 0.385. The molecule has 0 aliphatic carbocycles. The summed E-state index contributed by atoms with van der Waals surface area (Å²) in [4.78, 5) is 27.0. The molecule has 0 N–H and O–H groups in total. The van der Waals surface area contributed by atoms with Crippen molar-refractivity contribution >= 4 is 39.3 Å². The lowest BCUT2D eigenvalue weighted by molar-refractivity contribution is -0.130. The van der Waals surface area contributed by atoms with Crippen LogP contribution in [0.4, 0.5) is 0 Å². The number of hydrogen-bond acceptors (Lipinski definition) is 2. The summed E-state index contributed by atoms with van der Waals surface area (Å²) < 4.78 is 0.770. The van der Waals surface area contributed by atoms with Crippen LogP contribution in [0.15, 0.2) is 22.7 Å². The minimum atomic E-state index is -0.0439. The molecule has 0 unspecified atom stereocenters. The van der Waals surface area contributed by atoms with Gasteiger partial charge < -0.3 is 9.80 Å². The first-order valence-corrected chi connectivity index (χ1v) is 7.16. The zero-order valence-corrected chi connectivity index (χ0v) is 12.9. The highest BCUT2D eigenvalue weighted by Crippen LogP contribution is 2.24. The number of benzene rings is 1. The van der Waals surface area contributed by atoms with Crippen LogP contribution in [0.1, 0.15) is 17.3 Å². The Kier molecular flexibility index (Phi) is 4.47. The standard InChI is InChI=1S/C13H14BrClN2O2/c1-9(18)16-4-6-17(7-5-16)13(19)10-2-3-11(14)12(15)8-10/h2-3,8H,4-7H2,1H3. The van der Waals surface area contributed by atoms with Crippen LogP contribution in [0.5, 0.6) is 0 Å².